The molecule has 2 rings (SSSR count). The molecule has 1 aliphatic heterocycles. The van der Waals surface area contributed by atoms with Gasteiger partial charge in [0.2, 0.25) is 0 Å². The third-order valence-corrected chi connectivity index (χ3v) is 4.94. The summed E-state index contributed by atoms with van der Waals surface area (Å²) in [5, 5.41) is 7.48. The van der Waals surface area contributed by atoms with Gasteiger partial charge >= 0.3 is 0 Å². The van der Waals surface area contributed by atoms with Gasteiger partial charge in [-0.05, 0) is 13.5 Å². The summed E-state index contributed by atoms with van der Waals surface area (Å²) in [6.45, 7) is 2.29. The zero-order valence-electron chi connectivity index (χ0n) is 7.91. The first-order chi connectivity index (χ1) is 6.27. The van der Waals surface area contributed by atoms with Gasteiger partial charge in [0.1, 0.15) is 5.01 Å². The Bertz CT molecular complexity index is 273. The maximum absolute atomic E-state index is 4.42. The summed E-state index contributed by atoms with van der Waals surface area (Å²) in [4.78, 5) is 4.42. The second kappa shape index (κ2) is 3.59. The maximum atomic E-state index is 4.42. The zero-order valence-corrected chi connectivity index (χ0v) is 9.54. The van der Waals surface area contributed by atoms with E-state index in [0.717, 1.165) is 11.0 Å². The van der Waals surface area contributed by atoms with E-state index in [1.807, 2.05) is 25.0 Å². The highest BCUT2D eigenvalue weighted by Crippen LogP contribution is 2.41. The van der Waals surface area contributed by atoms with Crippen molar-refractivity contribution in [1.82, 2.24) is 10.3 Å². The lowest BCUT2D eigenvalue weighted by Gasteiger charge is -2.25. The highest BCUT2D eigenvalue weighted by Gasteiger charge is 2.40. The molecule has 1 N–H and O–H groups in total. The van der Waals surface area contributed by atoms with Crippen LogP contribution in [0.2, 0.25) is 0 Å². The molecular weight excluding hydrogens is 200 g/mol. The standard InChI is InChI=1S/C9H14N2S2/c1-7-5-9(10-2,6-13-7)8-11-3-4-12-8/h3-4,7,10H,5-6H2,1-2H3. The van der Waals surface area contributed by atoms with Crippen LogP contribution >= 0.6 is 23.1 Å². The molecule has 2 unspecified atom stereocenters. The van der Waals surface area contributed by atoms with Crippen molar-refractivity contribution in [1.29, 1.82) is 0 Å². The molecule has 0 spiro atoms. The zero-order chi connectivity index (χ0) is 9.31. The Balaban J connectivity index is 2.26. The quantitative estimate of drug-likeness (QED) is 0.816. The van der Waals surface area contributed by atoms with Crippen molar-refractivity contribution in [2.24, 2.45) is 0 Å². The first-order valence-corrected chi connectivity index (χ1v) is 6.40. The topological polar surface area (TPSA) is 24.9 Å². The Kier molecular flexibility index (Phi) is 2.62. The van der Waals surface area contributed by atoms with Gasteiger partial charge in [0, 0.05) is 22.6 Å². The van der Waals surface area contributed by atoms with Gasteiger partial charge in [-0.15, -0.1) is 11.3 Å². The van der Waals surface area contributed by atoms with Crippen LogP contribution in [0.5, 0.6) is 0 Å². The summed E-state index contributed by atoms with van der Waals surface area (Å²) in [6.07, 6.45) is 3.09. The average molecular weight is 214 g/mol. The number of thiazole rings is 1. The highest BCUT2D eigenvalue weighted by molar-refractivity contribution is 8.00. The first kappa shape index (κ1) is 9.49. The number of hydrogen-bond acceptors (Lipinski definition) is 4. The summed E-state index contributed by atoms with van der Waals surface area (Å²) in [5.74, 6) is 1.15. The molecule has 2 nitrogen and oxygen atoms in total. The van der Waals surface area contributed by atoms with E-state index < -0.39 is 0 Å². The number of rotatable bonds is 2. The van der Waals surface area contributed by atoms with Crippen LogP contribution in [0.25, 0.3) is 0 Å². The molecule has 0 aliphatic carbocycles. The van der Waals surface area contributed by atoms with Crippen LogP contribution in [-0.4, -0.2) is 23.0 Å². The fraction of sp³-hybridized carbons (Fsp3) is 0.667. The van der Waals surface area contributed by atoms with Crippen molar-refractivity contribution in [3.8, 4) is 0 Å². The predicted molar refractivity (Wildman–Crippen MR) is 59.4 cm³/mol. The number of hydrogen-bond donors (Lipinski definition) is 1. The minimum atomic E-state index is 0.151. The summed E-state index contributed by atoms with van der Waals surface area (Å²) >= 11 is 3.79. The fourth-order valence-electron chi connectivity index (χ4n) is 1.78. The number of aromatic nitrogens is 1. The lowest BCUT2D eigenvalue weighted by atomic mass is 9.97. The second-order valence-electron chi connectivity index (χ2n) is 3.50. The molecule has 2 atom stereocenters. The molecule has 0 bridgehead atoms. The molecule has 4 heteroatoms. The van der Waals surface area contributed by atoms with Gasteiger partial charge in [-0.1, -0.05) is 6.92 Å². The van der Waals surface area contributed by atoms with Crippen LogP contribution in [0.1, 0.15) is 18.4 Å². The summed E-state index contributed by atoms with van der Waals surface area (Å²) in [6, 6.07) is 0. The number of nitrogens with one attached hydrogen (secondary N) is 1. The van der Waals surface area contributed by atoms with Gasteiger partial charge in [0.15, 0.2) is 0 Å². The van der Waals surface area contributed by atoms with E-state index >= 15 is 0 Å². The Morgan fingerprint density at radius 2 is 2.54 bits per heavy atom. The molecule has 2 heterocycles. The van der Waals surface area contributed by atoms with Crippen molar-refractivity contribution in [3.05, 3.63) is 16.6 Å². The summed E-state index contributed by atoms with van der Waals surface area (Å²) in [5.41, 5.74) is 0.151. The largest absolute Gasteiger partial charge is 0.308 e. The van der Waals surface area contributed by atoms with Gasteiger partial charge in [-0.3, -0.25) is 0 Å². The molecule has 0 radical (unpaired) electrons. The SMILES string of the molecule is CNC1(c2nccs2)CSC(C)C1. The molecular formula is C9H14N2S2. The van der Waals surface area contributed by atoms with Crippen LogP contribution < -0.4 is 5.32 Å². The minimum absolute atomic E-state index is 0.151. The molecule has 0 saturated carbocycles. The number of nitrogens with zero attached hydrogens (tertiary/aromatic N) is 1. The predicted octanol–water partition coefficient (Wildman–Crippen LogP) is 2.08. The number of thioether (sulfide) groups is 1. The lowest BCUT2D eigenvalue weighted by Crippen LogP contribution is -2.40. The Hall–Kier alpha value is -0.0600. The van der Waals surface area contributed by atoms with E-state index in [1.165, 1.54) is 11.4 Å². The van der Waals surface area contributed by atoms with Gasteiger partial charge in [-0.2, -0.15) is 11.8 Å². The van der Waals surface area contributed by atoms with Crippen LogP contribution in [0, 0.1) is 0 Å². The van der Waals surface area contributed by atoms with Crippen LogP contribution in [0.3, 0.4) is 0 Å². The highest BCUT2D eigenvalue weighted by atomic mass is 32.2. The van der Waals surface area contributed by atoms with E-state index in [-0.39, 0.29) is 5.54 Å². The van der Waals surface area contributed by atoms with Crippen molar-refractivity contribution >= 4 is 23.1 Å². The van der Waals surface area contributed by atoms with Gasteiger partial charge in [0.25, 0.3) is 0 Å². The third-order valence-electron chi connectivity index (χ3n) is 2.57. The van der Waals surface area contributed by atoms with E-state index in [0.29, 0.717) is 0 Å². The Morgan fingerprint density at radius 3 is 3.00 bits per heavy atom. The summed E-state index contributed by atoms with van der Waals surface area (Å²) < 4.78 is 0. The maximum Gasteiger partial charge on any atom is 0.114 e. The molecule has 1 aliphatic rings. The van der Waals surface area contributed by atoms with Crippen molar-refractivity contribution in [3.63, 3.8) is 0 Å². The molecule has 1 saturated heterocycles. The third kappa shape index (κ3) is 1.63. The molecule has 0 aromatic carbocycles. The van der Waals surface area contributed by atoms with Crippen molar-refractivity contribution < 1.29 is 0 Å². The minimum Gasteiger partial charge on any atom is -0.308 e. The van der Waals surface area contributed by atoms with Crippen LogP contribution in [0.15, 0.2) is 11.6 Å². The normalized spacial score (nSPS) is 33.8. The van der Waals surface area contributed by atoms with Crippen molar-refractivity contribution in [2.75, 3.05) is 12.8 Å². The van der Waals surface area contributed by atoms with E-state index in [1.54, 1.807) is 11.3 Å². The molecule has 0 amide bonds. The van der Waals surface area contributed by atoms with Crippen molar-refractivity contribution in [2.45, 2.75) is 24.1 Å². The Morgan fingerprint density at radius 1 is 1.69 bits per heavy atom. The van der Waals surface area contributed by atoms with Crippen LogP contribution in [0.4, 0.5) is 0 Å². The van der Waals surface area contributed by atoms with Crippen LogP contribution in [-0.2, 0) is 5.54 Å². The first-order valence-electron chi connectivity index (χ1n) is 4.47. The lowest BCUT2D eigenvalue weighted by molar-refractivity contribution is 0.394. The van der Waals surface area contributed by atoms with Gasteiger partial charge in [-0.25, -0.2) is 4.98 Å². The molecule has 1 aromatic heterocycles. The molecule has 72 valence electrons. The fourth-order valence-corrected chi connectivity index (χ4v) is 4.10. The second-order valence-corrected chi connectivity index (χ2v) is 5.82. The van der Waals surface area contributed by atoms with E-state index in [2.05, 4.69) is 22.6 Å². The van der Waals surface area contributed by atoms with Gasteiger partial charge in [0.05, 0.1) is 5.54 Å². The molecule has 1 aromatic rings. The average Bonchev–Trinajstić information content (AvgIpc) is 2.73. The summed E-state index contributed by atoms with van der Waals surface area (Å²) in [7, 11) is 2.04. The smallest absolute Gasteiger partial charge is 0.114 e. The Labute approximate surface area is 87.1 Å². The molecule has 1 fully saturated rings. The monoisotopic (exact) mass is 214 g/mol. The van der Waals surface area contributed by atoms with Gasteiger partial charge < -0.3 is 5.32 Å². The van der Waals surface area contributed by atoms with E-state index in [4.69, 9.17) is 0 Å². The van der Waals surface area contributed by atoms with E-state index in [9.17, 15) is 0 Å². The molecule has 13 heavy (non-hydrogen) atoms.